The largest absolute Gasteiger partial charge is 0.480 e. The van der Waals surface area contributed by atoms with Gasteiger partial charge in [-0.15, -0.1) is 0 Å². The van der Waals surface area contributed by atoms with Crippen LogP contribution in [0.3, 0.4) is 0 Å². The number of fused-ring (bicyclic) bond motifs is 1. The molecule has 0 fully saturated rings. The number of hydrogen-bond acceptors (Lipinski definition) is 5. The van der Waals surface area contributed by atoms with Gasteiger partial charge in [-0.05, 0) is 24.5 Å². The lowest BCUT2D eigenvalue weighted by molar-refractivity contribution is -0.142. The summed E-state index contributed by atoms with van der Waals surface area (Å²) in [4.78, 5) is 51.8. The van der Waals surface area contributed by atoms with Gasteiger partial charge in [-0.2, -0.15) is 0 Å². The summed E-state index contributed by atoms with van der Waals surface area (Å²) in [5, 5.41) is 18.1. The van der Waals surface area contributed by atoms with Gasteiger partial charge in [0.25, 0.3) is 0 Å². The van der Waals surface area contributed by atoms with E-state index in [0.29, 0.717) is 6.42 Å². The summed E-state index contributed by atoms with van der Waals surface area (Å²) in [5.74, 6) is -3.03. The fraction of sp³-hybridized carbons (Fsp3) is 0.455. The lowest BCUT2D eigenvalue weighted by Gasteiger charge is -2.25. The first-order valence-corrected chi connectivity index (χ1v) is 10.6. The molecule has 32 heavy (non-hydrogen) atoms. The van der Waals surface area contributed by atoms with E-state index in [2.05, 4.69) is 20.9 Å². The number of carbonyl (C=O) groups is 4. The number of rotatable bonds is 11. The number of amides is 3. The molecule has 1 heterocycles. The van der Waals surface area contributed by atoms with Gasteiger partial charge in [0.1, 0.15) is 18.1 Å². The van der Waals surface area contributed by atoms with Crippen LogP contribution in [0.2, 0.25) is 0 Å². The maximum atomic E-state index is 12.7. The number of para-hydroxylation sites is 1. The fourth-order valence-corrected chi connectivity index (χ4v) is 3.32. The molecule has 0 aliphatic carbocycles. The molecule has 0 aliphatic heterocycles. The van der Waals surface area contributed by atoms with E-state index in [-0.39, 0.29) is 18.9 Å². The van der Waals surface area contributed by atoms with Crippen LogP contribution in [0.1, 0.15) is 32.8 Å². The Labute approximate surface area is 186 Å². The van der Waals surface area contributed by atoms with Crippen LogP contribution in [-0.4, -0.2) is 58.5 Å². The molecule has 174 valence electrons. The fourth-order valence-electron chi connectivity index (χ4n) is 3.32. The molecule has 0 radical (unpaired) electrons. The Hall–Kier alpha value is -3.40. The van der Waals surface area contributed by atoms with Crippen LogP contribution in [0.15, 0.2) is 30.5 Å². The van der Waals surface area contributed by atoms with E-state index in [9.17, 15) is 24.3 Å². The number of nitrogens with one attached hydrogen (secondary N) is 4. The first-order chi connectivity index (χ1) is 15.2. The van der Waals surface area contributed by atoms with Gasteiger partial charge in [-0.3, -0.25) is 14.4 Å². The molecule has 0 aliphatic rings. The zero-order chi connectivity index (χ0) is 23.8. The molecule has 0 spiro atoms. The number of carboxylic acids is 1. The van der Waals surface area contributed by atoms with Crippen molar-refractivity contribution in [2.75, 3.05) is 6.54 Å². The SMILES string of the molecule is CCC(C)C(NC(=O)CN)C(=O)NC(C)C(=O)NC(Cc1c[nH]c2ccccc12)C(=O)O. The molecule has 2 rings (SSSR count). The van der Waals surface area contributed by atoms with Crippen molar-refractivity contribution in [2.45, 2.75) is 51.7 Å². The Morgan fingerprint density at radius 2 is 1.75 bits per heavy atom. The van der Waals surface area contributed by atoms with Crippen molar-refractivity contribution in [1.29, 1.82) is 0 Å². The molecule has 2 aromatic rings. The molecular formula is C22H31N5O5. The summed E-state index contributed by atoms with van der Waals surface area (Å²) in [7, 11) is 0. The minimum atomic E-state index is -1.19. The molecule has 7 N–H and O–H groups in total. The standard InChI is InChI=1S/C22H31N5O5/c1-4-12(2)19(27-18(28)10-23)21(30)25-13(3)20(29)26-17(22(31)32)9-14-11-24-16-8-6-5-7-15(14)16/h5-8,11-13,17,19,24H,4,9-10,23H2,1-3H3,(H,25,30)(H,26,29)(H,27,28)(H,31,32). The van der Waals surface area contributed by atoms with Crippen molar-refractivity contribution in [3.63, 3.8) is 0 Å². The third-order valence-electron chi connectivity index (χ3n) is 5.46. The second-order valence-corrected chi connectivity index (χ2v) is 7.83. The van der Waals surface area contributed by atoms with Crippen molar-refractivity contribution in [1.82, 2.24) is 20.9 Å². The first kappa shape index (κ1) is 24.9. The predicted octanol–water partition coefficient (Wildman–Crippen LogP) is 0.274. The van der Waals surface area contributed by atoms with Gasteiger partial charge in [0.15, 0.2) is 0 Å². The van der Waals surface area contributed by atoms with Crippen molar-refractivity contribution in [3.05, 3.63) is 36.0 Å². The summed E-state index contributed by atoms with van der Waals surface area (Å²) in [6, 6.07) is 4.43. The highest BCUT2D eigenvalue weighted by Gasteiger charge is 2.29. The molecule has 0 bridgehead atoms. The summed E-state index contributed by atoms with van der Waals surface area (Å²) in [6.07, 6.45) is 2.41. The average Bonchev–Trinajstić information content (AvgIpc) is 3.18. The monoisotopic (exact) mass is 445 g/mol. The lowest BCUT2D eigenvalue weighted by Crippen LogP contribution is -2.57. The Morgan fingerprint density at radius 1 is 1.06 bits per heavy atom. The quantitative estimate of drug-likeness (QED) is 0.290. The van der Waals surface area contributed by atoms with Crippen LogP contribution in [0.25, 0.3) is 10.9 Å². The molecule has 4 unspecified atom stereocenters. The third-order valence-corrected chi connectivity index (χ3v) is 5.46. The Bertz CT molecular complexity index is 973. The van der Waals surface area contributed by atoms with Gasteiger partial charge in [0.2, 0.25) is 17.7 Å². The number of nitrogens with two attached hydrogens (primary N) is 1. The van der Waals surface area contributed by atoms with Gasteiger partial charge in [0.05, 0.1) is 6.54 Å². The van der Waals surface area contributed by atoms with Gasteiger partial charge in [0, 0.05) is 23.5 Å². The summed E-state index contributed by atoms with van der Waals surface area (Å²) < 4.78 is 0. The Morgan fingerprint density at radius 3 is 2.38 bits per heavy atom. The number of aromatic amines is 1. The highest BCUT2D eigenvalue weighted by Crippen LogP contribution is 2.19. The molecule has 3 amide bonds. The van der Waals surface area contributed by atoms with Crippen LogP contribution in [0, 0.1) is 5.92 Å². The van der Waals surface area contributed by atoms with E-state index in [1.165, 1.54) is 6.92 Å². The van der Waals surface area contributed by atoms with Crippen LogP contribution in [0.5, 0.6) is 0 Å². The van der Waals surface area contributed by atoms with Crippen LogP contribution >= 0.6 is 0 Å². The summed E-state index contributed by atoms with van der Waals surface area (Å²) >= 11 is 0. The van der Waals surface area contributed by atoms with Gasteiger partial charge in [-0.25, -0.2) is 4.79 Å². The third kappa shape index (κ3) is 6.30. The first-order valence-electron chi connectivity index (χ1n) is 10.6. The molecule has 0 saturated carbocycles. The maximum Gasteiger partial charge on any atom is 0.326 e. The number of aliphatic carboxylic acids is 1. The van der Waals surface area contributed by atoms with Crippen molar-refractivity contribution in [3.8, 4) is 0 Å². The zero-order valence-corrected chi connectivity index (χ0v) is 18.5. The zero-order valence-electron chi connectivity index (χ0n) is 18.5. The van der Waals surface area contributed by atoms with Crippen LogP contribution in [0.4, 0.5) is 0 Å². The van der Waals surface area contributed by atoms with E-state index in [0.717, 1.165) is 16.5 Å². The summed E-state index contributed by atoms with van der Waals surface area (Å²) in [6.45, 7) is 4.87. The minimum Gasteiger partial charge on any atom is -0.480 e. The molecular weight excluding hydrogens is 414 g/mol. The van der Waals surface area contributed by atoms with E-state index in [4.69, 9.17) is 5.73 Å². The number of aromatic nitrogens is 1. The normalized spacial score (nSPS) is 14.8. The molecule has 4 atom stereocenters. The van der Waals surface area contributed by atoms with Crippen molar-refractivity contribution < 1.29 is 24.3 Å². The number of H-pyrrole nitrogens is 1. The minimum absolute atomic E-state index is 0.0772. The Balaban J connectivity index is 2.05. The topological polar surface area (TPSA) is 166 Å². The second-order valence-electron chi connectivity index (χ2n) is 7.83. The summed E-state index contributed by atoms with van der Waals surface area (Å²) in [5.41, 5.74) is 6.94. The predicted molar refractivity (Wildman–Crippen MR) is 120 cm³/mol. The number of hydrogen-bond donors (Lipinski definition) is 6. The Kier molecular flexibility index (Phi) is 8.77. The average molecular weight is 446 g/mol. The van der Waals surface area contributed by atoms with Gasteiger partial charge >= 0.3 is 5.97 Å². The molecule has 10 nitrogen and oxygen atoms in total. The highest BCUT2D eigenvalue weighted by atomic mass is 16.4. The van der Waals surface area contributed by atoms with Crippen LogP contribution < -0.4 is 21.7 Å². The van der Waals surface area contributed by atoms with Gasteiger partial charge in [-0.1, -0.05) is 38.5 Å². The number of benzene rings is 1. The molecule has 1 aromatic carbocycles. The van der Waals surface area contributed by atoms with Crippen molar-refractivity contribution in [2.24, 2.45) is 11.7 Å². The number of carbonyl (C=O) groups excluding carboxylic acids is 3. The molecule has 10 heteroatoms. The highest BCUT2D eigenvalue weighted by molar-refractivity contribution is 5.93. The lowest BCUT2D eigenvalue weighted by atomic mass is 9.98. The molecule has 0 saturated heterocycles. The molecule has 1 aromatic heterocycles. The van der Waals surface area contributed by atoms with E-state index >= 15 is 0 Å². The van der Waals surface area contributed by atoms with Crippen molar-refractivity contribution >= 4 is 34.6 Å². The second kappa shape index (κ2) is 11.3. The van der Waals surface area contributed by atoms with E-state index in [1.807, 2.05) is 31.2 Å². The maximum absolute atomic E-state index is 12.7. The van der Waals surface area contributed by atoms with E-state index < -0.39 is 41.8 Å². The van der Waals surface area contributed by atoms with Crippen LogP contribution in [-0.2, 0) is 25.6 Å². The van der Waals surface area contributed by atoms with E-state index in [1.54, 1.807) is 13.1 Å². The number of carboxylic acid groups (broad SMARTS) is 1. The smallest absolute Gasteiger partial charge is 0.326 e. The van der Waals surface area contributed by atoms with Gasteiger partial charge < -0.3 is 31.8 Å².